The summed E-state index contributed by atoms with van der Waals surface area (Å²) in [6.45, 7) is 1.94. The number of allylic oxidation sites excluding steroid dienone is 1. The lowest BCUT2D eigenvalue weighted by Gasteiger charge is -2.25. The number of hydrogen-bond acceptors (Lipinski definition) is 4. The number of aromatic nitrogens is 3. The smallest absolute Gasteiger partial charge is 0.258 e. The maximum Gasteiger partial charge on any atom is 0.258 e. The zero-order valence-corrected chi connectivity index (χ0v) is 20.6. The third-order valence-electron chi connectivity index (χ3n) is 5.46. The zero-order valence-electron chi connectivity index (χ0n) is 18.3. The number of rotatable bonds is 4. The summed E-state index contributed by atoms with van der Waals surface area (Å²) in [7, 11) is 0. The van der Waals surface area contributed by atoms with E-state index in [1.807, 2.05) is 31.2 Å². The Balaban J connectivity index is 0.00000289. The summed E-state index contributed by atoms with van der Waals surface area (Å²) in [4.78, 5) is 17.1. The van der Waals surface area contributed by atoms with Crippen molar-refractivity contribution in [3.63, 3.8) is 0 Å². The lowest BCUT2D eigenvalue weighted by molar-refractivity contribution is 0.102. The summed E-state index contributed by atoms with van der Waals surface area (Å²) in [5.41, 5.74) is 3.26. The van der Waals surface area contributed by atoms with Gasteiger partial charge in [0.05, 0.1) is 0 Å². The Morgan fingerprint density at radius 2 is 1.77 bits per heavy atom. The van der Waals surface area contributed by atoms with Crippen molar-refractivity contribution in [2.24, 2.45) is 0 Å². The zero-order chi connectivity index (χ0) is 23.8. The number of fused-ring (bicyclic) bond motifs is 1. The highest BCUT2D eigenvalue weighted by Gasteiger charge is 2.29. The van der Waals surface area contributed by atoms with Crippen molar-refractivity contribution in [2.75, 3.05) is 10.6 Å². The average molecular weight is 531 g/mol. The number of nitrogens with zero attached hydrogens (tertiary/aromatic N) is 3. The maximum atomic E-state index is 14.9. The van der Waals surface area contributed by atoms with Crippen LogP contribution in [0.15, 0.2) is 72.8 Å². The Morgan fingerprint density at radius 3 is 2.46 bits per heavy atom. The van der Waals surface area contributed by atoms with Crippen LogP contribution in [0.4, 0.5) is 16.3 Å². The Morgan fingerprint density at radius 1 is 1.06 bits per heavy atom. The minimum atomic E-state index is -0.701. The van der Waals surface area contributed by atoms with E-state index < -0.39 is 11.9 Å². The standard InChI is InChI=1S/C25H18Cl2FN5O.ClH/c1-14-5-7-16(8-6-14)23(34)30-24-31-25-29-20(15-9-11-17(26)12-10-15)13-21(33(25)32-24)22-18(27)3-2-4-19(22)28;/h2-13,21H,1H3,(H2,29,30,31,32,34);1H. The predicted molar refractivity (Wildman–Crippen MR) is 139 cm³/mol. The largest absolute Gasteiger partial charge is 0.324 e. The maximum absolute atomic E-state index is 14.9. The molecule has 1 aromatic heterocycles. The van der Waals surface area contributed by atoms with E-state index in [9.17, 15) is 9.18 Å². The van der Waals surface area contributed by atoms with Gasteiger partial charge in [0.1, 0.15) is 11.9 Å². The first kappa shape index (κ1) is 24.7. The normalized spacial score (nSPS) is 14.3. The average Bonchev–Trinajstić information content (AvgIpc) is 3.22. The summed E-state index contributed by atoms with van der Waals surface area (Å²) in [5.74, 6) is -0.417. The van der Waals surface area contributed by atoms with Gasteiger partial charge in [-0.3, -0.25) is 10.1 Å². The number of amides is 1. The van der Waals surface area contributed by atoms with Gasteiger partial charge in [-0.1, -0.05) is 59.1 Å². The molecule has 0 fully saturated rings. The summed E-state index contributed by atoms with van der Waals surface area (Å²) in [6, 6.07) is 18.2. The minimum Gasteiger partial charge on any atom is -0.324 e. The fourth-order valence-corrected chi connectivity index (χ4v) is 4.12. The summed E-state index contributed by atoms with van der Waals surface area (Å²) in [6.07, 6.45) is 1.81. The van der Waals surface area contributed by atoms with Gasteiger partial charge in [-0.05, 0) is 55.0 Å². The highest BCUT2D eigenvalue weighted by atomic mass is 35.5. The van der Waals surface area contributed by atoms with Crippen molar-refractivity contribution >= 4 is 59.1 Å². The molecule has 0 bridgehead atoms. The number of benzene rings is 3. The Labute approximate surface area is 217 Å². The second-order valence-electron chi connectivity index (χ2n) is 7.82. The van der Waals surface area contributed by atoms with Gasteiger partial charge in [-0.2, -0.15) is 4.98 Å². The van der Waals surface area contributed by atoms with Gasteiger partial charge < -0.3 is 5.32 Å². The second kappa shape index (κ2) is 10.1. The molecular weight excluding hydrogens is 512 g/mol. The number of nitrogens with one attached hydrogen (secondary N) is 2. The van der Waals surface area contributed by atoms with Crippen molar-refractivity contribution in [1.82, 2.24) is 14.8 Å². The van der Waals surface area contributed by atoms with E-state index in [1.165, 1.54) is 10.7 Å². The number of anilines is 2. The highest BCUT2D eigenvalue weighted by molar-refractivity contribution is 6.31. The lowest BCUT2D eigenvalue weighted by Crippen LogP contribution is -2.21. The van der Waals surface area contributed by atoms with Crippen molar-refractivity contribution in [1.29, 1.82) is 0 Å². The molecule has 0 radical (unpaired) electrons. The van der Waals surface area contributed by atoms with Crippen LogP contribution in [0, 0.1) is 12.7 Å². The Bertz CT molecular complexity index is 1400. The molecule has 10 heteroatoms. The fraction of sp³-hybridized carbons (Fsp3) is 0.0800. The molecule has 178 valence electrons. The molecule has 2 N–H and O–H groups in total. The summed E-state index contributed by atoms with van der Waals surface area (Å²) in [5, 5.41) is 11.2. The molecule has 4 aromatic rings. The summed E-state index contributed by atoms with van der Waals surface area (Å²) < 4.78 is 16.4. The molecule has 6 nitrogen and oxygen atoms in total. The Kier molecular flexibility index (Phi) is 7.12. The molecule has 0 saturated heterocycles. The molecule has 5 rings (SSSR count). The van der Waals surface area contributed by atoms with Gasteiger partial charge in [0, 0.05) is 26.9 Å². The number of carbonyl (C=O) groups is 1. The highest BCUT2D eigenvalue weighted by Crippen LogP contribution is 2.37. The monoisotopic (exact) mass is 529 g/mol. The molecule has 0 saturated carbocycles. The van der Waals surface area contributed by atoms with Crippen molar-refractivity contribution in [2.45, 2.75) is 13.0 Å². The fourth-order valence-electron chi connectivity index (χ4n) is 3.72. The molecule has 3 aromatic carbocycles. The summed E-state index contributed by atoms with van der Waals surface area (Å²) >= 11 is 12.4. The van der Waals surface area contributed by atoms with Gasteiger partial charge in [0.2, 0.25) is 5.95 Å². The molecule has 1 aliphatic heterocycles. The van der Waals surface area contributed by atoms with Crippen LogP contribution in [0.1, 0.15) is 33.1 Å². The quantitative estimate of drug-likeness (QED) is 0.306. The lowest BCUT2D eigenvalue weighted by atomic mass is 10.0. The van der Waals surface area contributed by atoms with Crippen LogP contribution < -0.4 is 10.6 Å². The van der Waals surface area contributed by atoms with E-state index in [2.05, 4.69) is 20.7 Å². The van der Waals surface area contributed by atoms with Gasteiger partial charge in [-0.25, -0.2) is 9.07 Å². The molecule has 2 heterocycles. The van der Waals surface area contributed by atoms with E-state index in [-0.39, 0.29) is 34.8 Å². The van der Waals surface area contributed by atoms with E-state index in [1.54, 1.807) is 42.5 Å². The van der Waals surface area contributed by atoms with Crippen LogP contribution in [0.25, 0.3) is 5.70 Å². The molecule has 1 aliphatic rings. The van der Waals surface area contributed by atoms with Crippen LogP contribution in [0.2, 0.25) is 10.0 Å². The number of aryl methyl sites for hydroxylation is 1. The van der Waals surface area contributed by atoms with Crippen LogP contribution in [-0.2, 0) is 0 Å². The third-order valence-corrected chi connectivity index (χ3v) is 6.04. The first-order chi connectivity index (χ1) is 16.4. The topological polar surface area (TPSA) is 71.8 Å². The van der Waals surface area contributed by atoms with Crippen molar-refractivity contribution in [3.05, 3.63) is 111 Å². The van der Waals surface area contributed by atoms with Crippen molar-refractivity contribution in [3.8, 4) is 0 Å². The van der Waals surface area contributed by atoms with Crippen LogP contribution in [0.3, 0.4) is 0 Å². The molecule has 1 unspecified atom stereocenters. The van der Waals surface area contributed by atoms with E-state index in [0.717, 1.165) is 11.1 Å². The van der Waals surface area contributed by atoms with Crippen molar-refractivity contribution < 1.29 is 9.18 Å². The van der Waals surface area contributed by atoms with Crippen LogP contribution in [0.5, 0.6) is 0 Å². The molecule has 1 amide bonds. The second-order valence-corrected chi connectivity index (χ2v) is 8.66. The first-order valence-corrected chi connectivity index (χ1v) is 11.2. The predicted octanol–water partition coefficient (Wildman–Crippen LogP) is 6.76. The van der Waals surface area contributed by atoms with Gasteiger partial charge in [-0.15, -0.1) is 17.5 Å². The third kappa shape index (κ3) is 5.03. The molecular formula is C25H19Cl3FN5O. The molecule has 0 spiro atoms. The van der Waals surface area contributed by atoms with Gasteiger partial charge >= 0.3 is 0 Å². The van der Waals surface area contributed by atoms with E-state index >= 15 is 0 Å². The molecule has 35 heavy (non-hydrogen) atoms. The Hall–Kier alpha value is -3.39. The molecule has 0 aliphatic carbocycles. The number of carbonyl (C=O) groups excluding carboxylic acids is 1. The van der Waals surface area contributed by atoms with Crippen LogP contribution in [-0.4, -0.2) is 20.7 Å². The number of hydrogen-bond donors (Lipinski definition) is 2. The SMILES string of the molecule is Cc1ccc(C(=O)Nc2nc3n(n2)C(c2c(F)cccc2Cl)C=C(c2ccc(Cl)cc2)N3)cc1.Cl. The minimum absolute atomic E-state index is 0. The van der Waals surface area contributed by atoms with E-state index in [0.29, 0.717) is 22.2 Å². The van der Waals surface area contributed by atoms with Gasteiger partial charge in [0.25, 0.3) is 11.9 Å². The number of halogens is 4. The molecule has 1 atom stereocenters. The van der Waals surface area contributed by atoms with Gasteiger partial charge in [0.15, 0.2) is 0 Å². The van der Waals surface area contributed by atoms with E-state index in [4.69, 9.17) is 23.2 Å². The first-order valence-electron chi connectivity index (χ1n) is 10.4. The van der Waals surface area contributed by atoms with Crippen LogP contribution >= 0.6 is 35.6 Å².